The van der Waals surface area contributed by atoms with E-state index in [0.29, 0.717) is 35.7 Å². The smallest absolute Gasteiger partial charge is 0.354 e. The van der Waals surface area contributed by atoms with Crippen molar-refractivity contribution in [2.45, 2.75) is 20.3 Å². The normalized spacial score (nSPS) is 10.3. The SMILES string of the molecule is [C-]#[N+]c1c(-c2ccc(N)cc2)c(C(=O)OCC)n(C)c1CC. The summed E-state index contributed by atoms with van der Waals surface area (Å²) in [6.45, 7) is 11.5. The Morgan fingerprint density at radius 2 is 1.95 bits per heavy atom. The monoisotopic (exact) mass is 297 g/mol. The van der Waals surface area contributed by atoms with Gasteiger partial charge < -0.3 is 15.0 Å². The number of rotatable bonds is 4. The van der Waals surface area contributed by atoms with Crippen molar-refractivity contribution in [3.8, 4) is 11.1 Å². The molecule has 114 valence electrons. The first kappa shape index (κ1) is 15.6. The minimum absolute atomic E-state index is 0.292. The van der Waals surface area contributed by atoms with Crippen molar-refractivity contribution in [3.63, 3.8) is 0 Å². The lowest BCUT2D eigenvalue weighted by Gasteiger charge is -2.09. The Hall–Kier alpha value is -2.74. The summed E-state index contributed by atoms with van der Waals surface area (Å²) in [5.41, 5.74) is 9.50. The highest BCUT2D eigenvalue weighted by atomic mass is 16.5. The maximum Gasteiger partial charge on any atom is 0.354 e. The Morgan fingerprint density at radius 3 is 2.45 bits per heavy atom. The van der Waals surface area contributed by atoms with Crippen LogP contribution in [0.5, 0.6) is 0 Å². The minimum atomic E-state index is -0.415. The average molecular weight is 297 g/mol. The van der Waals surface area contributed by atoms with E-state index < -0.39 is 5.97 Å². The first-order valence-corrected chi connectivity index (χ1v) is 7.17. The van der Waals surface area contributed by atoms with Gasteiger partial charge in [-0.1, -0.05) is 19.1 Å². The molecule has 0 unspecified atom stereocenters. The molecule has 0 atom stereocenters. The van der Waals surface area contributed by atoms with E-state index in [1.807, 2.05) is 19.1 Å². The number of hydrogen-bond acceptors (Lipinski definition) is 3. The molecular formula is C17H19N3O2. The zero-order valence-electron chi connectivity index (χ0n) is 13.0. The molecule has 0 saturated carbocycles. The molecule has 22 heavy (non-hydrogen) atoms. The standard InChI is InChI=1S/C17H19N3O2/c1-5-13-15(19-3)14(11-7-9-12(18)10-8-11)16(20(13)4)17(21)22-6-2/h7-10H,5-6,18H2,1-2,4H3. The van der Waals surface area contributed by atoms with Gasteiger partial charge in [0.05, 0.1) is 13.2 Å². The van der Waals surface area contributed by atoms with Crippen molar-refractivity contribution in [1.29, 1.82) is 0 Å². The molecule has 1 heterocycles. The molecule has 0 radical (unpaired) electrons. The van der Waals surface area contributed by atoms with Crippen LogP contribution in [0.1, 0.15) is 30.0 Å². The van der Waals surface area contributed by atoms with Crippen LogP contribution < -0.4 is 5.73 Å². The van der Waals surface area contributed by atoms with Crippen molar-refractivity contribution in [2.75, 3.05) is 12.3 Å². The lowest BCUT2D eigenvalue weighted by atomic mass is 10.0. The van der Waals surface area contributed by atoms with Crippen LogP contribution in [0, 0.1) is 6.57 Å². The molecule has 2 aromatic rings. The third kappa shape index (κ3) is 2.56. The summed E-state index contributed by atoms with van der Waals surface area (Å²) in [5.74, 6) is -0.415. The van der Waals surface area contributed by atoms with E-state index in [-0.39, 0.29) is 0 Å². The molecule has 0 saturated heterocycles. The van der Waals surface area contributed by atoms with E-state index in [1.54, 1.807) is 30.7 Å². The molecule has 0 aliphatic heterocycles. The van der Waals surface area contributed by atoms with Crippen LogP contribution in [0.25, 0.3) is 16.0 Å². The highest BCUT2D eigenvalue weighted by Crippen LogP contribution is 2.39. The van der Waals surface area contributed by atoms with Crippen LogP contribution in [0.4, 0.5) is 11.4 Å². The van der Waals surface area contributed by atoms with Crippen LogP contribution in [0.3, 0.4) is 0 Å². The van der Waals surface area contributed by atoms with Crippen LogP contribution in [0.15, 0.2) is 24.3 Å². The van der Waals surface area contributed by atoms with Crippen molar-refractivity contribution in [3.05, 3.63) is 47.1 Å². The molecule has 0 bridgehead atoms. The summed E-state index contributed by atoms with van der Waals surface area (Å²) >= 11 is 0. The lowest BCUT2D eigenvalue weighted by Crippen LogP contribution is -2.12. The number of carbonyl (C=O) groups is 1. The molecule has 2 rings (SSSR count). The van der Waals surface area contributed by atoms with Gasteiger partial charge in [0.1, 0.15) is 5.69 Å². The molecule has 0 aliphatic rings. The van der Waals surface area contributed by atoms with E-state index in [4.69, 9.17) is 17.0 Å². The molecule has 0 spiro atoms. The van der Waals surface area contributed by atoms with Crippen molar-refractivity contribution < 1.29 is 9.53 Å². The van der Waals surface area contributed by atoms with E-state index in [0.717, 1.165) is 11.3 Å². The number of ether oxygens (including phenoxy) is 1. The topological polar surface area (TPSA) is 61.6 Å². The Balaban J connectivity index is 2.77. The largest absolute Gasteiger partial charge is 0.461 e. The van der Waals surface area contributed by atoms with Crippen LogP contribution in [-0.4, -0.2) is 17.1 Å². The van der Waals surface area contributed by atoms with Gasteiger partial charge in [0, 0.05) is 24.0 Å². The quantitative estimate of drug-likeness (QED) is 0.533. The van der Waals surface area contributed by atoms with Gasteiger partial charge >= 0.3 is 5.97 Å². The van der Waals surface area contributed by atoms with Gasteiger partial charge in [-0.2, -0.15) is 0 Å². The maximum atomic E-state index is 12.4. The molecule has 0 amide bonds. The zero-order chi connectivity index (χ0) is 16.3. The molecule has 5 nitrogen and oxygen atoms in total. The van der Waals surface area contributed by atoms with Gasteiger partial charge in [0.25, 0.3) is 0 Å². The zero-order valence-corrected chi connectivity index (χ0v) is 13.0. The summed E-state index contributed by atoms with van der Waals surface area (Å²) in [5, 5.41) is 0. The van der Waals surface area contributed by atoms with Crippen molar-refractivity contribution in [2.24, 2.45) is 7.05 Å². The Bertz CT molecular complexity index is 737. The molecule has 0 fully saturated rings. The number of nitrogens with two attached hydrogens (primary N) is 1. The van der Waals surface area contributed by atoms with Gasteiger partial charge in [-0.05, 0) is 31.0 Å². The predicted molar refractivity (Wildman–Crippen MR) is 86.9 cm³/mol. The number of nitrogen functional groups attached to an aromatic ring is 1. The molecular weight excluding hydrogens is 278 g/mol. The summed E-state index contributed by atoms with van der Waals surface area (Å²) in [7, 11) is 1.79. The van der Waals surface area contributed by atoms with Crippen molar-refractivity contribution >= 4 is 17.3 Å². The molecule has 2 N–H and O–H groups in total. The average Bonchev–Trinajstić information content (AvgIpc) is 2.80. The van der Waals surface area contributed by atoms with Gasteiger partial charge in [-0.25, -0.2) is 9.64 Å². The van der Waals surface area contributed by atoms with E-state index >= 15 is 0 Å². The van der Waals surface area contributed by atoms with Gasteiger partial charge in [0.2, 0.25) is 5.69 Å². The third-order valence-electron chi connectivity index (χ3n) is 3.60. The Kier molecular flexibility index (Phi) is 4.52. The molecule has 1 aromatic heterocycles. The summed E-state index contributed by atoms with van der Waals surface area (Å²) in [4.78, 5) is 16.0. The van der Waals surface area contributed by atoms with Crippen LogP contribution in [0.2, 0.25) is 0 Å². The van der Waals surface area contributed by atoms with E-state index in [9.17, 15) is 4.79 Å². The number of hydrogen-bond donors (Lipinski definition) is 1. The molecule has 0 aliphatic carbocycles. The third-order valence-corrected chi connectivity index (χ3v) is 3.60. The van der Waals surface area contributed by atoms with E-state index in [2.05, 4.69) is 4.85 Å². The summed E-state index contributed by atoms with van der Waals surface area (Å²) < 4.78 is 6.93. The minimum Gasteiger partial charge on any atom is -0.461 e. The summed E-state index contributed by atoms with van der Waals surface area (Å²) in [6, 6.07) is 7.16. The maximum absolute atomic E-state index is 12.4. The van der Waals surface area contributed by atoms with E-state index in [1.165, 1.54) is 0 Å². The van der Waals surface area contributed by atoms with Crippen LogP contribution >= 0.6 is 0 Å². The van der Waals surface area contributed by atoms with Crippen molar-refractivity contribution in [1.82, 2.24) is 4.57 Å². The fourth-order valence-electron chi connectivity index (χ4n) is 2.60. The summed E-state index contributed by atoms with van der Waals surface area (Å²) in [6.07, 6.45) is 0.662. The fourth-order valence-corrected chi connectivity index (χ4v) is 2.60. The highest BCUT2D eigenvalue weighted by Gasteiger charge is 2.26. The number of esters is 1. The number of carbonyl (C=O) groups excluding carboxylic acids is 1. The Morgan fingerprint density at radius 1 is 1.32 bits per heavy atom. The lowest BCUT2D eigenvalue weighted by molar-refractivity contribution is 0.0516. The second-order valence-electron chi connectivity index (χ2n) is 4.89. The van der Waals surface area contributed by atoms with Gasteiger partial charge in [0.15, 0.2) is 0 Å². The number of nitrogens with zero attached hydrogens (tertiary/aromatic N) is 2. The second kappa shape index (κ2) is 6.35. The molecule has 5 heteroatoms. The van der Waals surface area contributed by atoms with Crippen LogP contribution in [-0.2, 0) is 18.2 Å². The predicted octanol–water partition coefficient (Wildman–Crippen LogP) is 3.56. The highest BCUT2D eigenvalue weighted by molar-refractivity contribution is 6.01. The number of benzene rings is 1. The molecule has 1 aromatic carbocycles. The fraction of sp³-hybridized carbons (Fsp3) is 0.294. The second-order valence-corrected chi connectivity index (χ2v) is 4.89. The number of aromatic nitrogens is 1. The first-order valence-electron chi connectivity index (χ1n) is 7.17. The van der Waals surface area contributed by atoms with Gasteiger partial charge in [-0.3, -0.25) is 0 Å². The number of anilines is 1. The first-order chi connectivity index (χ1) is 10.5. The Labute approximate surface area is 130 Å². The van der Waals surface area contributed by atoms with Gasteiger partial charge in [-0.15, -0.1) is 0 Å².